The highest BCUT2D eigenvalue weighted by atomic mass is 79.9. The first-order valence-corrected chi connectivity index (χ1v) is 11.9. The molecule has 4 aromatic rings. The van der Waals surface area contributed by atoms with Gasteiger partial charge in [0.15, 0.2) is 6.10 Å². The maximum absolute atomic E-state index is 12.6. The first kappa shape index (κ1) is 23.5. The van der Waals surface area contributed by atoms with Gasteiger partial charge in [-0.25, -0.2) is 5.43 Å². The van der Waals surface area contributed by atoms with Gasteiger partial charge in [-0.1, -0.05) is 67.6 Å². The number of nitrogens with one attached hydrogen (secondary N) is 1. The molecular formula is C28H25BrN2O3. The number of ether oxygens (including phenoxy) is 2. The summed E-state index contributed by atoms with van der Waals surface area (Å²) in [5, 5.41) is 6.22. The van der Waals surface area contributed by atoms with Crippen LogP contribution in [-0.4, -0.2) is 18.2 Å². The summed E-state index contributed by atoms with van der Waals surface area (Å²) in [6.45, 7) is 2.41. The first-order valence-electron chi connectivity index (χ1n) is 11.1. The maximum Gasteiger partial charge on any atom is 0.281 e. The van der Waals surface area contributed by atoms with Crippen LogP contribution >= 0.6 is 15.9 Å². The minimum absolute atomic E-state index is 0.304. The predicted octanol–water partition coefficient (Wildman–Crippen LogP) is 6.49. The molecule has 0 aliphatic rings. The monoisotopic (exact) mass is 516 g/mol. The van der Waals surface area contributed by atoms with Crippen molar-refractivity contribution in [3.8, 4) is 11.5 Å². The van der Waals surface area contributed by atoms with Crippen molar-refractivity contribution in [2.45, 2.75) is 26.1 Å². The van der Waals surface area contributed by atoms with Crippen LogP contribution in [0.3, 0.4) is 0 Å². The second kappa shape index (κ2) is 11.5. The van der Waals surface area contributed by atoms with E-state index in [2.05, 4.69) is 26.5 Å². The van der Waals surface area contributed by atoms with Gasteiger partial charge < -0.3 is 9.47 Å². The van der Waals surface area contributed by atoms with Gasteiger partial charge in [0, 0.05) is 0 Å². The Hall–Kier alpha value is -3.64. The SMILES string of the molecule is CCC(Oc1ccc2ccccc2c1Br)C(=O)N/N=C/c1ccc(OCc2ccccc2)cc1. The van der Waals surface area contributed by atoms with Crippen LogP contribution < -0.4 is 14.9 Å². The Balaban J connectivity index is 1.32. The zero-order valence-corrected chi connectivity index (χ0v) is 20.4. The number of hydrazone groups is 1. The molecule has 0 aliphatic heterocycles. The quantitative estimate of drug-likeness (QED) is 0.204. The largest absolute Gasteiger partial charge is 0.489 e. The summed E-state index contributed by atoms with van der Waals surface area (Å²) in [7, 11) is 0. The normalized spacial score (nSPS) is 11.9. The van der Waals surface area contributed by atoms with Gasteiger partial charge in [0.2, 0.25) is 0 Å². The molecule has 5 nitrogen and oxygen atoms in total. The first-order chi connectivity index (χ1) is 16.6. The number of carbonyl (C=O) groups is 1. The van der Waals surface area contributed by atoms with Crippen LogP contribution in [0.25, 0.3) is 10.8 Å². The van der Waals surface area contributed by atoms with E-state index in [1.54, 1.807) is 6.21 Å². The second-order valence-corrected chi connectivity index (χ2v) is 8.48. The van der Waals surface area contributed by atoms with E-state index in [1.807, 2.05) is 97.9 Å². The molecule has 0 aliphatic carbocycles. The number of nitrogens with zero attached hydrogens (tertiary/aromatic N) is 1. The Bertz CT molecular complexity index is 1270. The summed E-state index contributed by atoms with van der Waals surface area (Å²) in [6, 6.07) is 29.4. The smallest absolute Gasteiger partial charge is 0.281 e. The van der Waals surface area contributed by atoms with Crippen LogP contribution in [0.4, 0.5) is 0 Å². The van der Waals surface area contributed by atoms with Crippen molar-refractivity contribution in [2.24, 2.45) is 5.10 Å². The van der Waals surface area contributed by atoms with E-state index in [0.29, 0.717) is 18.8 Å². The number of amides is 1. The molecule has 4 rings (SSSR count). The van der Waals surface area contributed by atoms with Gasteiger partial charge in [0.05, 0.1) is 10.7 Å². The highest BCUT2D eigenvalue weighted by molar-refractivity contribution is 9.10. The number of carbonyl (C=O) groups excluding carboxylic acids is 1. The van der Waals surface area contributed by atoms with Crippen LogP contribution in [0.1, 0.15) is 24.5 Å². The predicted molar refractivity (Wildman–Crippen MR) is 139 cm³/mol. The lowest BCUT2D eigenvalue weighted by molar-refractivity contribution is -0.128. The Kier molecular flexibility index (Phi) is 7.94. The Morgan fingerprint density at radius 2 is 1.71 bits per heavy atom. The molecule has 1 unspecified atom stereocenters. The second-order valence-electron chi connectivity index (χ2n) is 7.69. The van der Waals surface area contributed by atoms with Crippen LogP contribution in [0, 0.1) is 0 Å². The molecular weight excluding hydrogens is 492 g/mol. The van der Waals surface area contributed by atoms with E-state index in [-0.39, 0.29) is 5.91 Å². The molecule has 4 aromatic carbocycles. The molecule has 0 heterocycles. The molecule has 1 amide bonds. The number of hydrogen-bond donors (Lipinski definition) is 1. The molecule has 34 heavy (non-hydrogen) atoms. The number of hydrogen-bond acceptors (Lipinski definition) is 4. The van der Waals surface area contributed by atoms with Crippen molar-refractivity contribution in [3.63, 3.8) is 0 Å². The number of fused-ring (bicyclic) bond motifs is 1. The Morgan fingerprint density at radius 1 is 0.971 bits per heavy atom. The van der Waals surface area contributed by atoms with Gasteiger partial charge in [-0.15, -0.1) is 0 Å². The fourth-order valence-corrected chi connectivity index (χ4v) is 4.00. The maximum atomic E-state index is 12.6. The van der Waals surface area contributed by atoms with Crippen molar-refractivity contribution in [3.05, 3.63) is 107 Å². The topological polar surface area (TPSA) is 59.9 Å². The van der Waals surface area contributed by atoms with Crippen LogP contribution in [0.2, 0.25) is 0 Å². The molecule has 0 saturated heterocycles. The molecule has 0 spiro atoms. The van der Waals surface area contributed by atoms with Gasteiger partial charge in [-0.05, 0) is 74.6 Å². The van der Waals surface area contributed by atoms with Crippen molar-refractivity contribution in [1.82, 2.24) is 5.43 Å². The molecule has 1 atom stereocenters. The third-order valence-corrected chi connectivity index (χ3v) is 6.10. The van der Waals surface area contributed by atoms with E-state index >= 15 is 0 Å². The highest BCUT2D eigenvalue weighted by Crippen LogP contribution is 2.33. The summed E-state index contributed by atoms with van der Waals surface area (Å²) >= 11 is 3.61. The average molecular weight is 517 g/mol. The molecule has 0 aromatic heterocycles. The summed E-state index contributed by atoms with van der Waals surface area (Å²) in [5.74, 6) is 1.09. The van der Waals surface area contributed by atoms with E-state index in [9.17, 15) is 4.79 Å². The lowest BCUT2D eigenvalue weighted by atomic mass is 10.1. The molecule has 6 heteroatoms. The Labute approximate surface area is 207 Å². The van der Waals surface area contributed by atoms with Gasteiger partial charge in [0.1, 0.15) is 18.1 Å². The molecule has 0 bridgehead atoms. The molecule has 172 valence electrons. The van der Waals surface area contributed by atoms with Gasteiger partial charge in [0.25, 0.3) is 5.91 Å². The molecule has 0 fully saturated rings. The standard InChI is InChI=1S/C28H25BrN2O3/c1-2-25(34-26-17-14-22-10-6-7-11-24(22)27(26)29)28(32)31-30-18-20-12-15-23(16-13-20)33-19-21-8-4-3-5-9-21/h3-18,25H,2,19H2,1H3,(H,31,32)/b30-18+. The fourth-order valence-electron chi connectivity index (χ4n) is 3.41. The van der Waals surface area contributed by atoms with Crippen molar-refractivity contribution in [2.75, 3.05) is 0 Å². The van der Waals surface area contributed by atoms with Crippen LogP contribution in [0.5, 0.6) is 11.5 Å². The van der Waals surface area contributed by atoms with Crippen LogP contribution in [0.15, 0.2) is 101 Å². The lowest BCUT2D eigenvalue weighted by Gasteiger charge is -2.17. The fraction of sp³-hybridized carbons (Fsp3) is 0.143. The minimum Gasteiger partial charge on any atom is -0.489 e. The molecule has 0 radical (unpaired) electrons. The van der Waals surface area contributed by atoms with Crippen molar-refractivity contribution >= 4 is 38.8 Å². The lowest BCUT2D eigenvalue weighted by Crippen LogP contribution is -2.35. The molecule has 1 N–H and O–H groups in total. The van der Waals surface area contributed by atoms with E-state index in [0.717, 1.165) is 32.1 Å². The number of halogens is 1. The number of benzene rings is 4. The molecule has 0 saturated carbocycles. The summed E-state index contributed by atoms with van der Waals surface area (Å²) < 4.78 is 12.6. The van der Waals surface area contributed by atoms with E-state index < -0.39 is 6.10 Å². The summed E-state index contributed by atoms with van der Waals surface area (Å²) in [6.07, 6.45) is 1.44. The van der Waals surface area contributed by atoms with Crippen molar-refractivity contribution in [1.29, 1.82) is 0 Å². The average Bonchev–Trinajstić information content (AvgIpc) is 2.88. The van der Waals surface area contributed by atoms with Crippen LogP contribution in [-0.2, 0) is 11.4 Å². The zero-order valence-electron chi connectivity index (χ0n) is 18.8. The van der Waals surface area contributed by atoms with Gasteiger partial charge in [-0.2, -0.15) is 5.10 Å². The highest BCUT2D eigenvalue weighted by Gasteiger charge is 2.19. The zero-order chi connectivity index (χ0) is 23.8. The van der Waals surface area contributed by atoms with Gasteiger partial charge in [-0.3, -0.25) is 4.79 Å². The third-order valence-electron chi connectivity index (χ3n) is 5.28. The number of rotatable bonds is 9. The van der Waals surface area contributed by atoms with Crippen molar-refractivity contribution < 1.29 is 14.3 Å². The summed E-state index contributed by atoms with van der Waals surface area (Å²) in [4.78, 5) is 12.6. The van der Waals surface area contributed by atoms with Gasteiger partial charge >= 0.3 is 0 Å². The summed E-state index contributed by atoms with van der Waals surface area (Å²) in [5.41, 5.74) is 4.54. The minimum atomic E-state index is -0.664. The Morgan fingerprint density at radius 3 is 2.47 bits per heavy atom. The van der Waals surface area contributed by atoms with E-state index in [4.69, 9.17) is 9.47 Å². The third kappa shape index (κ3) is 6.02. The van der Waals surface area contributed by atoms with E-state index in [1.165, 1.54) is 0 Å².